The summed E-state index contributed by atoms with van der Waals surface area (Å²) in [5.74, 6) is 0. The first-order valence-electron chi connectivity index (χ1n) is 12.4. The molecule has 0 aliphatic heterocycles. The third kappa shape index (κ3) is 12.7. The molecule has 7 nitrogen and oxygen atoms in total. The van der Waals surface area contributed by atoms with Crippen LogP contribution in [0.3, 0.4) is 0 Å². The Kier molecular flexibility index (Phi) is 15.6. The van der Waals surface area contributed by atoms with Gasteiger partial charge in [0.25, 0.3) is 0 Å². The molecule has 0 N–H and O–H groups in total. The van der Waals surface area contributed by atoms with Crippen molar-refractivity contribution in [3.05, 3.63) is 34.2 Å². The van der Waals surface area contributed by atoms with E-state index in [0.29, 0.717) is 0 Å². The normalized spacial score (nSPS) is 13.2. The monoisotopic (exact) mass is 616 g/mol. The van der Waals surface area contributed by atoms with Crippen LogP contribution in [-0.4, -0.2) is 36.2 Å². The Hall–Kier alpha value is -1.23. The molecule has 1 rings (SSSR count). The maximum absolute atomic E-state index is 11.4. The first kappa shape index (κ1) is 36.8. The Morgan fingerprint density at radius 1 is 0.763 bits per heavy atom. The van der Waals surface area contributed by atoms with Crippen molar-refractivity contribution in [2.45, 2.75) is 109 Å². The van der Waals surface area contributed by atoms with Crippen LogP contribution >= 0.6 is 0 Å². The fourth-order valence-electron chi connectivity index (χ4n) is 3.31. The van der Waals surface area contributed by atoms with Crippen molar-refractivity contribution in [3.63, 3.8) is 0 Å². The van der Waals surface area contributed by atoms with Gasteiger partial charge in [-0.05, 0) is 30.1 Å². The smallest absolute Gasteiger partial charge is 0.421 e. The van der Waals surface area contributed by atoms with E-state index in [0.717, 1.165) is 17.3 Å². The van der Waals surface area contributed by atoms with E-state index in [1.165, 1.54) is 62.2 Å². The van der Waals surface area contributed by atoms with Gasteiger partial charge in [-0.2, -0.15) is 26.3 Å². The fraction of sp³-hybridized carbons (Fsp3) is 0.773. The molecule has 224 valence electrons. The molecule has 0 aliphatic rings. The number of alkyl halides is 6. The molecule has 0 unspecified atom stereocenters. The van der Waals surface area contributed by atoms with Crippen molar-refractivity contribution in [1.82, 2.24) is 0 Å². The summed E-state index contributed by atoms with van der Waals surface area (Å²) in [6, 6.07) is 8.15. The van der Waals surface area contributed by atoms with Crippen LogP contribution in [0, 0.1) is 0 Å². The molecular weight excluding hydrogens is 578 g/mol. The van der Waals surface area contributed by atoms with Crippen molar-refractivity contribution in [1.29, 1.82) is 0 Å². The highest BCUT2D eigenvalue weighted by atomic mass is 32.3. The van der Waals surface area contributed by atoms with Gasteiger partial charge in [0.2, 0.25) is 0 Å². The average molecular weight is 617 g/mol. The second kappa shape index (κ2) is 16.1. The lowest BCUT2D eigenvalue weighted by atomic mass is 10.1. The van der Waals surface area contributed by atoms with Crippen LogP contribution in [-0.2, 0) is 37.6 Å². The number of unbranched alkanes of at least 4 members (excludes halogenated alkanes) is 5. The molecule has 1 heterocycles. The van der Waals surface area contributed by atoms with Crippen LogP contribution in [0.2, 0.25) is 18.1 Å². The van der Waals surface area contributed by atoms with E-state index < -0.39 is 39.4 Å². The Morgan fingerprint density at radius 3 is 1.58 bits per heavy atom. The highest BCUT2D eigenvalue weighted by molar-refractivity contribution is 8.13. The Morgan fingerprint density at radius 2 is 1.18 bits per heavy atom. The zero-order chi connectivity index (χ0) is 29.7. The number of hydrogen-bond donors (Lipinski definition) is 0. The van der Waals surface area contributed by atoms with Gasteiger partial charge < -0.3 is 8.55 Å². The van der Waals surface area contributed by atoms with Crippen LogP contribution in [0.25, 0.3) is 4.13 Å². The summed E-state index contributed by atoms with van der Waals surface area (Å²) in [5.41, 5.74) is -11.1. The van der Waals surface area contributed by atoms with Crippen LogP contribution in [0.15, 0.2) is 24.5 Å². The molecule has 16 heteroatoms. The molecule has 1 aromatic rings. The van der Waals surface area contributed by atoms with E-state index in [1.54, 1.807) is 0 Å². The summed E-state index contributed by atoms with van der Waals surface area (Å²) >= 11 is 0. The highest BCUT2D eigenvalue weighted by Gasteiger charge is 2.46. The summed E-state index contributed by atoms with van der Waals surface area (Å²) in [4.78, 5) is 0. The minimum atomic E-state index is -6.72. The van der Waals surface area contributed by atoms with Crippen LogP contribution in [0.5, 0.6) is 0 Å². The molecule has 0 radical (unpaired) electrons. The van der Waals surface area contributed by atoms with Gasteiger partial charge in [-0.25, -0.2) is 21.4 Å². The standard InChI is InChI=1S/C20H38NOSi.C2F6NO4S2/c1-5-9-10-11-12-13-16-21-17-14-20(15-18-21)19-22-23(6-2,7-3)8-4;3-1(4,5)14(10,11)9-15(12,13)2(6,7)8/h14-15,17-18H,5-13,16,19H2,1-4H3;/q+1;-1. The van der Waals surface area contributed by atoms with E-state index in [-0.39, 0.29) is 0 Å². The highest BCUT2D eigenvalue weighted by Crippen LogP contribution is 2.36. The molecule has 0 bridgehead atoms. The molecule has 0 saturated heterocycles. The van der Waals surface area contributed by atoms with Gasteiger partial charge in [0.1, 0.15) is 6.54 Å². The van der Waals surface area contributed by atoms with Crippen molar-refractivity contribution in [2.75, 3.05) is 0 Å². The van der Waals surface area contributed by atoms with Crippen molar-refractivity contribution >= 4 is 28.4 Å². The molecule has 0 amide bonds. The molecule has 0 aliphatic carbocycles. The number of aromatic nitrogens is 1. The van der Waals surface area contributed by atoms with Gasteiger partial charge in [0.15, 0.2) is 40.8 Å². The van der Waals surface area contributed by atoms with E-state index in [2.05, 4.69) is 56.8 Å². The zero-order valence-corrected chi connectivity index (χ0v) is 24.7. The molecule has 0 fully saturated rings. The number of halogens is 6. The van der Waals surface area contributed by atoms with E-state index >= 15 is 0 Å². The molecular formula is C22H38F6N2O5S2Si. The second-order valence-electron chi connectivity index (χ2n) is 8.66. The largest absolute Gasteiger partial charge is 0.480 e. The number of rotatable bonds is 15. The lowest BCUT2D eigenvalue weighted by Crippen LogP contribution is -2.36. The van der Waals surface area contributed by atoms with Crippen LogP contribution < -0.4 is 4.57 Å². The lowest BCUT2D eigenvalue weighted by Gasteiger charge is -2.27. The third-order valence-corrected chi connectivity index (χ3v) is 13.4. The Labute approximate surface area is 223 Å². The summed E-state index contributed by atoms with van der Waals surface area (Å²) in [5, 5.41) is 0. The van der Waals surface area contributed by atoms with Crippen molar-refractivity contribution in [2.24, 2.45) is 0 Å². The zero-order valence-electron chi connectivity index (χ0n) is 22.1. The van der Waals surface area contributed by atoms with E-state index in [9.17, 15) is 43.2 Å². The van der Waals surface area contributed by atoms with Gasteiger partial charge >= 0.3 is 11.0 Å². The van der Waals surface area contributed by atoms with Gasteiger partial charge in [-0.1, -0.05) is 53.4 Å². The number of sulfonamides is 2. The summed E-state index contributed by atoms with van der Waals surface area (Å²) in [6.07, 6.45) is 12.6. The number of aryl methyl sites for hydroxylation is 1. The molecule has 38 heavy (non-hydrogen) atoms. The van der Waals surface area contributed by atoms with Crippen LogP contribution in [0.1, 0.15) is 71.8 Å². The Balaban J connectivity index is 0.000000793. The first-order chi connectivity index (χ1) is 17.4. The molecule has 1 aromatic heterocycles. The van der Waals surface area contributed by atoms with Gasteiger partial charge in [-0.15, -0.1) is 0 Å². The third-order valence-electron chi connectivity index (χ3n) is 5.99. The predicted octanol–water partition coefficient (Wildman–Crippen LogP) is 6.92. The minimum Gasteiger partial charge on any atom is -0.421 e. The van der Waals surface area contributed by atoms with Gasteiger partial charge in [-0.3, -0.25) is 0 Å². The van der Waals surface area contributed by atoms with Crippen LogP contribution in [0.4, 0.5) is 26.3 Å². The fourth-order valence-corrected chi connectivity index (χ4v) is 7.61. The van der Waals surface area contributed by atoms with E-state index in [1.807, 2.05) is 0 Å². The molecule has 0 saturated carbocycles. The first-order valence-corrected chi connectivity index (χ1v) is 17.8. The maximum atomic E-state index is 11.4. The lowest BCUT2D eigenvalue weighted by molar-refractivity contribution is -0.697. The van der Waals surface area contributed by atoms with Gasteiger partial charge in [0, 0.05) is 18.6 Å². The number of hydrogen-bond acceptors (Lipinski definition) is 5. The average Bonchev–Trinajstić information content (AvgIpc) is 2.82. The number of pyridine rings is 1. The summed E-state index contributed by atoms with van der Waals surface area (Å²) in [6.45, 7) is 11.1. The van der Waals surface area contributed by atoms with Crippen molar-refractivity contribution < 1.29 is 52.2 Å². The molecule has 0 spiro atoms. The van der Waals surface area contributed by atoms with E-state index in [4.69, 9.17) is 4.43 Å². The predicted molar refractivity (Wildman–Crippen MR) is 135 cm³/mol. The van der Waals surface area contributed by atoms with Gasteiger partial charge in [0.05, 0.1) is 6.61 Å². The Bertz CT molecular complexity index is 964. The SMILES string of the molecule is CCCCCCCC[n+]1ccc(CO[Si](CC)(CC)CC)cc1.O=S(=O)([N-]S(=O)(=O)C(F)(F)F)C(F)(F)F. The maximum Gasteiger partial charge on any atom is 0.480 e. The summed E-state index contributed by atoms with van der Waals surface area (Å²) < 4.78 is 118. The summed E-state index contributed by atoms with van der Waals surface area (Å²) in [7, 11) is -14.9. The minimum absolute atomic E-state index is 0.778. The second-order valence-corrected chi connectivity index (χ2v) is 16.9. The quantitative estimate of drug-likeness (QED) is 0.0923. The molecule has 0 atom stereocenters. The van der Waals surface area contributed by atoms with Crippen molar-refractivity contribution in [3.8, 4) is 0 Å². The number of nitrogens with zero attached hydrogens (tertiary/aromatic N) is 2. The topological polar surface area (TPSA) is 95.5 Å². The molecule has 0 aromatic carbocycles.